The van der Waals surface area contributed by atoms with Crippen LogP contribution in [0.25, 0.3) is 0 Å². The first-order valence-electron chi connectivity index (χ1n) is 10.3. The molecule has 2 aliphatic rings. The van der Waals surface area contributed by atoms with Gasteiger partial charge in [-0.3, -0.25) is 14.4 Å². The molecule has 8 nitrogen and oxygen atoms in total. The standard InChI is InChI=1S/C19H19ClN2O2.C4H6O4/c20-16-3-1-2-13(8-16)11-22-17-9-14-4-6-21-7-5-15(14)10-18(17)24-12-19(22)23;5-3(6)1-2-4(7)8/h1-3,8-10,21H,4-7,11-12H2;1-2H2,(H,5,6)(H,7,8). The van der Waals surface area contributed by atoms with E-state index in [4.69, 9.17) is 26.6 Å². The summed E-state index contributed by atoms with van der Waals surface area (Å²) in [4.78, 5) is 33.5. The number of aliphatic carboxylic acids is 2. The number of anilines is 1. The van der Waals surface area contributed by atoms with Crippen molar-refractivity contribution >= 4 is 35.1 Å². The summed E-state index contributed by atoms with van der Waals surface area (Å²) < 4.78 is 5.70. The summed E-state index contributed by atoms with van der Waals surface area (Å²) in [6.07, 6.45) is 1.38. The number of ether oxygens (including phenoxy) is 1. The molecule has 4 rings (SSSR count). The molecule has 0 radical (unpaired) electrons. The normalized spacial score (nSPS) is 14.8. The first-order valence-corrected chi connectivity index (χ1v) is 10.7. The van der Waals surface area contributed by atoms with Crippen LogP contribution in [0.2, 0.25) is 5.02 Å². The number of carboxylic acids is 2. The van der Waals surface area contributed by atoms with Gasteiger partial charge in [-0.05, 0) is 66.9 Å². The summed E-state index contributed by atoms with van der Waals surface area (Å²) >= 11 is 6.08. The molecule has 170 valence electrons. The summed E-state index contributed by atoms with van der Waals surface area (Å²) in [6.45, 7) is 2.54. The van der Waals surface area contributed by atoms with Gasteiger partial charge in [0.2, 0.25) is 0 Å². The molecule has 1 amide bonds. The third-order valence-electron chi connectivity index (χ3n) is 5.15. The minimum Gasteiger partial charge on any atom is -0.482 e. The fourth-order valence-corrected chi connectivity index (χ4v) is 3.79. The average molecular weight is 461 g/mol. The zero-order valence-corrected chi connectivity index (χ0v) is 18.2. The van der Waals surface area contributed by atoms with Gasteiger partial charge in [-0.15, -0.1) is 0 Å². The second-order valence-electron chi connectivity index (χ2n) is 7.52. The largest absolute Gasteiger partial charge is 0.482 e. The number of nitrogens with one attached hydrogen (secondary N) is 1. The van der Waals surface area contributed by atoms with E-state index < -0.39 is 11.9 Å². The van der Waals surface area contributed by atoms with Gasteiger partial charge in [-0.25, -0.2) is 0 Å². The van der Waals surface area contributed by atoms with Gasteiger partial charge in [0, 0.05) is 5.02 Å². The molecule has 0 saturated carbocycles. The molecule has 0 saturated heterocycles. The number of carboxylic acid groups (broad SMARTS) is 2. The van der Waals surface area contributed by atoms with Gasteiger partial charge in [-0.2, -0.15) is 0 Å². The Balaban J connectivity index is 0.000000312. The van der Waals surface area contributed by atoms with Crippen molar-refractivity contribution in [2.24, 2.45) is 0 Å². The van der Waals surface area contributed by atoms with Gasteiger partial charge in [0.05, 0.1) is 25.1 Å². The number of hydrogen-bond donors (Lipinski definition) is 3. The lowest BCUT2D eigenvalue weighted by Crippen LogP contribution is -2.38. The van der Waals surface area contributed by atoms with Gasteiger partial charge >= 0.3 is 11.9 Å². The van der Waals surface area contributed by atoms with E-state index in [9.17, 15) is 14.4 Å². The highest BCUT2D eigenvalue weighted by atomic mass is 35.5. The number of carbonyl (C=O) groups excluding carboxylic acids is 1. The Labute approximate surface area is 190 Å². The third-order valence-corrected chi connectivity index (χ3v) is 5.38. The SMILES string of the molecule is O=C(O)CCC(=O)O.O=C1COc2cc3c(cc2N1Cc1cccc(Cl)c1)CCNCC3. The Morgan fingerprint density at radius 1 is 1.03 bits per heavy atom. The van der Waals surface area contributed by atoms with E-state index in [1.807, 2.05) is 29.2 Å². The molecule has 0 bridgehead atoms. The number of carbonyl (C=O) groups is 3. The van der Waals surface area contributed by atoms with Crippen molar-refractivity contribution in [2.75, 3.05) is 24.6 Å². The summed E-state index contributed by atoms with van der Waals surface area (Å²) in [7, 11) is 0. The van der Waals surface area contributed by atoms with Crippen molar-refractivity contribution in [1.29, 1.82) is 0 Å². The van der Waals surface area contributed by atoms with Gasteiger partial charge in [0.15, 0.2) is 6.61 Å². The summed E-state index contributed by atoms with van der Waals surface area (Å²) in [5.41, 5.74) is 4.50. The van der Waals surface area contributed by atoms with Crippen LogP contribution in [0.4, 0.5) is 5.69 Å². The van der Waals surface area contributed by atoms with Gasteiger partial charge in [0.25, 0.3) is 5.91 Å². The smallest absolute Gasteiger partial charge is 0.303 e. The number of hydrogen-bond acceptors (Lipinski definition) is 5. The molecule has 9 heteroatoms. The van der Waals surface area contributed by atoms with Crippen LogP contribution >= 0.6 is 11.6 Å². The predicted octanol–water partition coefficient (Wildman–Crippen LogP) is 2.89. The maximum atomic E-state index is 12.4. The summed E-state index contributed by atoms with van der Waals surface area (Å²) in [6, 6.07) is 11.9. The molecule has 2 heterocycles. The molecule has 32 heavy (non-hydrogen) atoms. The van der Waals surface area contributed by atoms with E-state index in [0.717, 1.165) is 42.9 Å². The number of halogens is 1. The Bertz CT molecular complexity index is 996. The minimum atomic E-state index is -1.08. The Morgan fingerprint density at radius 2 is 1.69 bits per heavy atom. The van der Waals surface area contributed by atoms with Gasteiger partial charge in [-0.1, -0.05) is 23.7 Å². The molecule has 2 aliphatic heterocycles. The fraction of sp³-hybridized carbons (Fsp3) is 0.348. The Morgan fingerprint density at radius 3 is 2.31 bits per heavy atom. The predicted molar refractivity (Wildman–Crippen MR) is 119 cm³/mol. The van der Waals surface area contributed by atoms with E-state index in [1.165, 1.54) is 11.1 Å². The number of fused-ring (bicyclic) bond motifs is 2. The molecule has 0 atom stereocenters. The van der Waals surface area contributed by atoms with Crippen LogP contribution in [-0.2, 0) is 33.8 Å². The van der Waals surface area contributed by atoms with E-state index >= 15 is 0 Å². The zero-order valence-electron chi connectivity index (χ0n) is 17.5. The molecular formula is C23H25ClN2O6. The zero-order chi connectivity index (χ0) is 23.1. The van der Waals surface area contributed by atoms with E-state index in [0.29, 0.717) is 11.6 Å². The fourth-order valence-electron chi connectivity index (χ4n) is 3.57. The Kier molecular flexibility index (Phi) is 8.08. The highest BCUT2D eigenvalue weighted by Crippen LogP contribution is 2.36. The molecule has 2 aromatic rings. The topological polar surface area (TPSA) is 116 Å². The number of nitrogens with zero attached hydrogens (tertiary/aromatic N) is 1. The van der Waals surface area contributed by atoms with E-state index in [-0.39, 0.29) is 25.4 Å². The highest BCUT2D eigenvalue weighted by molar-refractivity contribution is 6.30. The van der Waals surface area contributed by atoms with Crippen molar-refractivity contribution in [2.45, 2.75) is 32.2 Å². The lowest BCUT2D eigenvalue weighted by Gasteiger charge is -2.30. The van der Waals surface area contributed by atoms with Crippen LogP contribution < -0.4 is 15.0 Å². The van der Waals surface area contributed by atoms with E-state index in [2.05, 4.69) is 17.4 Å². The van der Waals surface area contributed by atoms with Crippen molar-refractivity contribution in [3.05, 3.63) is 58.1 Å². The minimum absolute atomic E-state index is 0.0193. The summed E-state index contributed by atoms with van der Waals surface area (Å²) in [5, 5.41) is 19.9. The lowest BCUT2D eigenvalue weighted by molar-refractivity contribution is -0.143. The van der Waals surface area contributed by atoms with Crippen LogP contribution in [0, 0.1) is 0 Å². The Hall–Kier alpha value is -3.10. The molecule has 0 unspecified atom stereocenters. The quantitative estimate of drug-likeness (QED) is 0.628. The molecular weight excluding hydrogens is 436 g/mol. The maximum absolute atomic E-state index is 12.4. The number of rotatable bonds is 5. The molecule has 0 fully saturated rings. The first kappa shape index (κ1) is 23.6. The van der Waals surface area contributed by atoms with Crippen LogP contribution in [-0.4, -0.2) is 47.8 Å². The second kappa shape index (κ2) is 11.0. The van der Waals surface area contributed by atoms with E-state index in [1.54, 1.807) is 0 Å². The summed E-state index contributed by atoms with van der Waals surface area (Å²) in [5.74, 6) is -1.37. The lowest BCUT2D eigenvalue weighted by atomic mass is 10.00. The van der Waals surface area contributed by atoms with Crippen LogP contribution in [0.15, 0.2) is 36.4 Å². The van der Waals surface area contributed by atoms with Crippen molar-refractivity contribution < 1.29 is 29.3 Å². The van der Waals surface area contributed by atoms with Crippen molar-refractivity contribution in [3.8, 4) is 5.75 Å². The molecule has 3 N–H and O–H groups in total. The van der Waals surface area contributed by atoms with Crippen LogP contribution in [0.1, 0.15) is 29.5 Å². The highest BCUT2D eigenvalue weighted by Gasteiger charge is 2.27. The number of benzene rings is 2. The molecule has 0 aromatic heterocycles. The van der Waals surface area contributed by atoms with Crippen LogP contribution in [0.5, 0.6) is 5.75 Å². The van der Waals surface area contributed by atoms with Crippen molar-refractivity contribution in [1.82, 2.24) is 5.32 Å². The van der Waals surface area contributed by atoms with Crippen LogP contribution in [0.3, 0.4) is 0 Å². The maximum Gasteiger partial charge on any atom is 0.303 e. The third kappa shape index (κ3) is 6.45. The van der Waals surface area contributed by atoms with Gasteiger partial charge in [0.1, 0.15) is 5.75 Å². The molecule has 0 spiro atoms. The number of amides is 1. The van der Waals surface area contributed by atoms with Crippen molar-refractivity contribution in [3.63, 3.8) is 0 Å². The first-order chi connectivity index (χ1) is 15.3. The second-order valence-corrected chi connectivity index (χ2v) is 7.96. The molecule has 0 aliphatic carbocycles. The van der Waals surface area contributed by atoms with Gasteiger partial charge < -0.3 is 25.2 Å². The average Bonchev–Trinajstić information content (AvgIpc) is 2.98. The monoisotopic (exact) mass is 460 g/mol. The molecule has 2 aromatic carbocycles.